The molecule has 1 fully saturated rings. The largest absolute Gasteiger partial charge is 0.434 e. The lowest BCUT2D eigenvalue weighted by Crippen LogP contribution is -2.47. The van der Waals surface area contributed by atoms with Gasteiger partial charge in [0.1, 0.15) is 11.5 Å². The van der Waals surface area contributed by atoms with Crippen LogP contribution in [0.15, 0.2) is 30.9 Å². The van der Waals surface area contributed by atoms with Crippen molar-refractivity contribution in [1.82, 2.24) is 29.2 Å². The maximum absolute atomic E-state index is 13.0. The monoisotopic (exact) mass is 393 g/mol. The SMILES string of the molecule is OCCN1CCN(c2ccnc(-c3cnc4cnc(C(F)(F)F)cn34)n2)CC1. The van der Waals surface area contributed by atoms with Crippen molar-refractivity contribution in [3.63, 3.8) is 0 Å². The lowest BCUT2D eigenvalue weighted by Gasteiger charge is -2.35. The first-order valence-electron chi connectivity index (χ1n) is 8.77. The number of aliphatic hydroxyl groups excluding tert-OH is 1. The normalized spacial score (nSPS) is 16.1. The molecule has 1 aliphatic rings. The zero-order valence-electron chi connectivity index (χ0n) is 14.8. The van der Waals surface area contributed by atoms with Crippen molar-refractivity contribution < 1.29 is 18.3 Å². The van der Waals surface area contributed by atoms with E-state index in [-0.39, 0.29) is 12.3 Å². The summed E-state index contributed by atoms with van der Waals surface area (Å²) in [5.74, 6) is 0.996. The molecule has 1 aliphatic heterocycles. The topological polar surface area (TPSA) is 82.7 Å². The summed E-state index contributed by atoms with van der Waals surface area (Å²) in [5, 5.41) is 9.04. The molecule has 0 radical (unpaired) electrons. The second kappa shape index (κ2) is 7.32. The third-order valence-electron chi connectivity index (χ3n) is 4.67. The summed E-state index contributed by atoms with van der Waals surface area (Å²) in [6.45, 7) is 3.85. The van der Waals surface area contributed by atoms with Crippen LogP contribution in [-0.4, -0.2) is 73.7 Å². The molecule has 1 N–H and O–H groups in total. The van der Waals surface area contributed by atoms with Gasteiger partial charge in [-0.3, -0.25) is 9.30 Å². The van der Waals surface area contributed by atoms with Crippen LogP contribution in [0.3, 0.4) is 0 Å². The highest BCUT2D eigenvalue weighted by Crippen LogP contribution is 2.28. The van der Waals surface area contributed by atoms with E-state index in [0.29, 0.717) is 23.9 Å². The van der Waals surface area contributed by atoms with E-state index >= 15 is 0 Å². The van der Waals surface area contributed by atoms with Gasteiger partial charge in [-0.05, 0) is 6.07 Å². The van der Waals surface area contributed by atoms with Gasteiger partial charge in [-0.15, -0.1) is 0 Å². The van der Waals surface area contributed by atoms with Crippen LogP contribution in [-0.2, 0) is 6.18 Å². The van der Waals surface area contributed by atoms with E-state index in [1.807, 2.05) is 0 Å². The smallest absolute Gasteiger partial charge is 0.395 e. The summed E-state index contributed by atoms with van der Waals surface area (Å²) in [7, 11) is 0. The third kappa shape index (κ3) is 3.62. The standard InChI is InChI=1S/C17H18F3N7O/c18-17(19,20)13-11-27-12(9-23-15(27)10-22-13)16-21-2-1-14(24-16)26-5-3-25(4-6-26)7-8-28/h1-2,9-11,28H,3-8H2. The van der Waals surface area contributed by atoms with Gasteiger partial charge in [0.15, 0.2) is 17.2 Å². The van der Waals surface area contributed by atoms with Crippen LogP contribution >= 0.6 is 0 Å². The number of β-amino-alcohol motifs (C(OH)–C–C–N with tert-alkyl or cyclic N) is 1. The van der Waals surface area contributed by atoms with Gasteiger partial charge in [-0.1, -0.05) is 0 Å². The summed E-state index contributed by atoms with van der Waals surface area (Å²) in [6.07, 6.45) is 0.461. The minimum Gasteiger partial charge on any atom is -0.395 e. The van der Waals surface area contributed by atoms with Gasteiger partial charge < -0.3 is 10.0 Å². The lowest BCUT2D eigenvalue weighted by molar-refractivity contribution is -0.141. The third-order valence-corrected chi connectivity index (χ3v) is 4.67. The first-order valence-corrected chi connectivity index (χ1v) is 8.77. The van der Waals surface area contributed by atoms with E-state index < -0.39 is 11.9 Å². The lowest BCUT2D eigenvalue weighted by atomic mass is 10.3. The van der Waals surface area contributed by atoms with Gasteiger partial charge >= 0.3 is 6.18 Å². The number of hydrogen-bond acceptors (Lipinski definition) is 7. The number of imidazole rings is 1. The zero-order valence-corrected chi connectivity index (χ0v) is 14.8. The molecular formula is C17H18F3N7O. The van der Waals surface area contributed by atoms with Crippen molar-refractivity contribution >= 4 is 11.5 Å². The van der Waals surface area contributed by atoms with Gasteiger partial charge in [0.2, 0.25) is 0 Å². The molecule has 1 saturated heterocycles. The molecule has 0 spiro atoms. The molecule has 0 saturated carbocycles. The summed E-state index contributed by atoms with van der Waals surface area (Å²) >= 11 is 0. The van der Waals surface area contributed by atoms with E-state index in [4.69, 9.17) is 5.11 Å². The highest BCUT2D eigenvalue weighted by molar-refractivity contribution is 5.58. The molecule has 148 valence electrons. The molecule has 0 atom stereocenters. The van der Waals surface area contributed by atoms with E-state index in [2.05, 4.69) is 29.7 Å². The Morgan fingerprint density at radius 1 is 1.04 bits per heavy atom. The number of hydrogen-bond donors (Lipinski definition) is 1. The van der Waals surface area contributed by atoms with Crippen LogP contribution in [0.25, 0.3) is 17.2 Å². The molecule has 11 heteroatoms. The first kappa shape index (κ1) is 18.6. The van der Waals surface area contributed by atoms with Crippen LogP contribution in [0.2, 0.25) is 0 Å². The first-order chi connectivity index (χ1) is 13.5. The Bertz CT molecular complexity index is 967. The van der Waals surface area contributed by atoms with Crippen molar-refractivity contribution in [3.8, 4) is 11.5 Å². The predicted molar refractivity (Wildman–Crippen MR) is 94.8 cm³/mol. The summed E-state index contributed by atoms with van der Waals surface area (Å²) < 4.78 is 40.3. The van der Waals surface area contributed by atoms with Crippen molar-refractivity contribution in [3.05, 3.63) is 36.5 Å². The Hall–Kier alpha value is -2.79. The van der Waals surface area contributed by atoms with Crippen LogP contribution in [0.1, 0.15) is 5.69 Å². The van der Waals surface area contributed by atoms with Crippen LogP contribution in [0, 0.1) is 0 Å². The summed E-state index contributed by atoms with van der Waals surface area (Å²) in [4.78, 5) is 20.5. The summed E-state index contributed by atoms with van der Waals surface area (Å²) in [6, 6.07) is 1.77. The maximum atomic E-state index is 13.0. The molecular weight excluding hydrogens is 375 g/mol. The van der Waals surface area contributed by atoms with E-state index in [1.54, 1.807) is 12.3 Å². The number of piperazine rings is 1. The molecule has 0 aliphatic carbocycles. The Morgan fingerprint density at radius 3 is 2.54 bits per heavy atom. The zero-order chi connectivity index (χ0) is 19.7. The number of halogens is 3. The molecule has 0 aromatic carbocycles. The molecule has 0 bridgehead atoms. The number of fused-ring (bicyclic) bond motifs is 1. The molecule has 3 aromatic heterocycles. The highest BCUT2D eigenvalue weighted by Gasteiger charge is 2.33. The predicted octanol–water partition coefficient (Wildman–Crippen LogP) is 1.32. The minimum absolute atomic E-state index is 0.126. The van der Waals surface area contributed by atoms with Crippen LogP contribution in [0.4, 0.5) is 19.0 Å². The molecule has 28 heavy (non-hydrogen) atoms. The average Bonchev–Trinajstić information content (AvgIpc) is 3.12. The van der Waals surface area contributed by atoms with E-state index in [0.717, 1.165) is 38.6 Å². The Labute approximate surface area is 158 Å². The van der Waals surface area contributed by atoms with Crippen molar-refractivity contribution in [2.45, 2.75) is 6.18 Å². The molecule has 0 unspecified atom stereocenters. The second-order valence-corrected chi connectivity index (χ2v) is 6.43. The molecule has 4 rings (SSSR count). The Morgan fingerprint density at radius 2 is 1.82 bits per heavy atom. The molecule has 3 aromatic rings. The van der Waals surface area contributed by atoms with Gasteiger partial charge in [-0.25, -0.2) is 19.9 Å². The average molecular weight is 393 g/mol. The van der Waals surface area contributed by atoms with Crippen molar-refractivity contribution in [2.24, 2.45) is 0 Å². The number of aliphatic hydroxyl groups is 1. The van der Waals surface area contributed by atoms with Crippen LogP contribution < -0.4 is 4.90 Å². The number of aromatic nitrogens is 5. The van der Waals surface area contributed by atoms with Gasteiger partial charge in [0, 0.05) is 45.1 Å². The number of rotatable bonds is 4. The van der Waals surface area contributed by atoms with E-state index in [9.17, 15) is 13.2 Å². The fourth-order valence-corrected chi connectivity index (χ4v) is 3.19. The van der Waals surface area contributed by atoms with Crippen LogP contribution in [0.5, 0.6) is 0 Å². The Kier molecular flexibility index (Phi) is 4.85. The summed E-state index contributed by atoms with van der Waals surface area (Å²) in [5.41, 5.74) is -0.353. The van der Waals surface area contributed by atoms with Crippen molar-refractivity contribution in [2.75, 3.05) is 44.2 Å². The van der Waals surface area contributed by atoms with Crippen molar-refractivity contribution in [1.29, 1.82) is 0 Å². The maximum Gasteiger partial charge on any atom is 0.434 e. The molecule has 8 nitrogen and oxygen atoms in total. The minimum atomic E-state index is -4.55. The van der Waals surface area contributed by atoms with Gasteiger partial charge in [0.05, 0.1) is 19.0 Å². The van der Waals surface area contributed by atoms with E-state index in [1.165, 1.54) is 10.6 Å². The molecule has 4 heterocycles. The molecule has 0 amide bonds. The fourth-order valence-electron chi connectivity index (χ4n) is 3.19. The second-order valence-electron chi connectivity index (χ2n) is 6.43. The fraction of sp³-hybridized carbons (Fsp3) is 0.412. The Balaban J connectivity index is 1.63. The van der Waals surface area contributed by atoms with Gasteiger partial charge in [0.25, 0.3) is 0 Å². The highest BCUT2D eigenvalue weighted by atomic mass is 19.4. The van der Waals surface area contributed by atoms with Gasteiger partial charge in [-0.2, -0.15) is 13.2 Å². The number of anilines is 1. The number of nitrogens with zero attached hydrogens (tertiary/aromatic N) is 7. The number of alkyl halides is 3. The quantitative estimate of drug-likeness (QED) is 0.716.